The summed E-state index contributed by atoms with van der Waals surface area (Å²) in [5.74, 6) is 0.123. The van der Waals surface area contributed by atoms with Crippen LogP contribution in [0.4, 0.5) is 11.5 Å². The molecule has 0 atom stereocenters. The van der Waals surface area contributed by atoms with E-state index in [0.717, 1.165) is 11.1 Å². The average molecular weight is 302 g/mol. The molecule has 0 amide bonds. The van der Waals surface area contributed by atoms with Crippen molar-refractivity contribution in [3.05, 3.63) is 51.8 Å². The highest BCUT2D eigenvalue weighted by molar-refractivity contribution is 5.61. The Hall–Kier alpha value is -2.70. The molecule has 1 N–H and O–H groups in total. The smallest absolute Gasteiger partial charge is 0.372 e. The summed E-state index contributed by atoms with van der Waals surface area (Å²) in [6.45, 7) is 6.00. The van der Waals surface area contributed by atoms with Gasteiger partial charge in [0.25, 0.3) is 5.88 Å². The van der Waals surface area contributed by atoms with Gasteiger partial charge in [-0.2, -0.15) is 4.98 Å². The molecule has 7 nitrogen and oxygen atoms in total. The Morgan fingerprint density at radius 1 is 1.27 bits per heavy atom. The summed E-state index contributed by atoms with van der Waals surface area (Å²) in [5, 5.41) is 14.3. The van der Waals surface area contributed by atoms with E-state index in [9.17, 15) is 10.1 Å². The molecule has 22 heavy (non-hydrogen) atoms. The van der Waals surface area contributed by atoms with Crippen LogP contribution in [-0.2, 0) is 6.54 Å². The minimum Gasteiger partial charge on any atom is -0.470 e. The summed E-state index contributed by atoms with van der Waals surface area (Å²) in [7, 11) is 0. The predicted octanol–water partition coefficient (Wildman–Crippen LogP) is 3.09. The van der Waals surface area contributed by atoms with E-state index < -0.39 is 4.92 Å². The van der Waals surface area contributed by atoms with Gasteiger partial charge in [0.15, 0.2) is 0 Å². The Kier molecular flexibility index (Phi) is 4.88. The average Bonchev–Trinajstić information content (AvgIpc) is 2.45. The molecule has 7 heteroatoms. The van der Waals surface area contributed by atoms with Gasteiger partial charge in [0.05, 0.1) is 11.0 Å². The highest BCUT2D eigenvalue weighted by Crippen LogP contribution is 2.31. The number of anilines is 1. The van der Waals surface area contributed by atoms with E-state index in [-0.39, 0.29) is 23.5 Å². The number of nitrogens with one attached hydrogen (secondary N) is 1. The van der Waals surface area contributed by atoms with Gasteiger partial charge in [0.2, 0.25) is 5.82 Å². The molecule has 116 valence electrons. The van der Waals surface area contributed by atoms with Gasteiger partial charge in [-0.05, 0) is 26.3 Å². The highest BCUT2D eigenvalue weighted by Gasteiger charge is 2.24. The van der Waals surface area contributed by atoms with Gasteiger partial charge < -0.3 is 10.1 Å². The Bertz CT molecular complexity index is 656. The maximum Gasteiger partial charge on any atom is 0.372 e. The van der Waals surface area contributed by atoms with E-state index in [1.807, 2.05) is 31.2 Å². The first-order valence-corrected chi connectivity index (χ1v) is 6.93. The molecule has 0 unspecified atom stereocenters. The second kappa shape index (κ2) is 6.84. The van der Waals surface area contributed by atoms with Crippen LogP contribution in [0.2, 0.25) is 0 Å². The van der Waals surface area contributed by atoms with Crippen LogP contribution in [0.15, 0.2) is 30.6 Å². The molecular weight excluding hydrogens is 284 g/mol. The largest absolute Gasteiger partial charge is 0.470 e. The van der Waals surface area contributed by atoms with Crippen LogP contribution >= 0.6 is 0 Å². The standard InChI is InChI=1S/C15H18N4O3/c1-10(2)22-15-13(19(20)21)14(17-9-18-15)16-8-12-6-4-11(3)5-7-12/h4-7,9-10H,8H2,1-3H3,(H,16,17,18). The molecule has 1 heterocycles. The number of ether oxygens (including phenoxy) is 1. The normalized spacial score (nSPS) is 10.5. The van der Waals surface area contributed by atoms with Crippen LogP contribution in [0, 0.1) is 17.0 Å². The van der Waals surface area contributed by atoms with Crippen LogP contribution in [0.1, 0.15) is 25.0 Å². The SMILES string of the molecule is Cc1ccc(CNc2ncnc(OC(C)C)c2[N+](=O)[O-])cc1. The number of hydrogen-bond donors (Lipinski definition) is 1. The third-order valence-electron chi connectivity index (χ3n) is 2.90. The second-order valence-electron chi connectivity index (χ2n) is 5.14. The van der Waals surface area contributed by atoms with Gasteiger partial charge in [-0.25, -0.2) is 4.98 Å². The number of benzene rings is 1. The molecule has 0 radical (unpaired) electrons. The first kappa shape index (κ1) is 15.7. The summed E-state index contributed by atoms with van der Waals surface area (Å²) >= 11 is 0. The van der Waals surface area contributed by atoms with Crippen LogP contribution in [0.3, 0.4) is 0 Å². The predicted molar refractivity (Wildman–Crippen MR) is 83.0 cm³/mol. The van der Waals surface area contributed by atoms with Crippen LogP contribution in [0.25, 0.3) is 0 Å². The molecule has 0 saturated carbocycles. The minimum atomic E-state index is -0.533. The number of nitro groups is 1. The molecule has 0 aliphatic heterocycles. The van der Waals surface area contributed by atoms with Gasteiger partial charge >= 0.3 is 5.69 Å². The van der Waals surface area contributed by atoms with Crippen molar-refractivity contribution in [2.75, 3.05) is 5.32 Å². The third kappa shape index (κ3) is 3.91. The van der Waals surface area contributed by atoms with Crippen LogP contribution in [0.5, 0.6) is 5.88 Å². The van der Waals surface area contributed by atoms with Crippen molar-refractivity contribution in [2.24, 2.45) is 0 Å². The molecule has 0 fully saturated rings. The molecule has 1 aromatic heterocycles. The Morgan fingerprint density at radius 2 is 1.95 bits per heavy atom. The van der Waals surface area contributed by atoms with E-state index in [4.69, 9.17) is 4.74 Å². The lowest BCUT2D eigenvalue weighted by atomic mass is 10.1. The van der Waals surface area contributed by atoms with E-state index in [0.29, 0.717) is 6.54 Å². The lowest BCUT2D eigenvalue weighted by Gasteiger charge is -2.11. The summed E-state index contributed by atoms with van der Waals surface area (Å²) < 4.78 is 5.38. The lowest BCUT2D eigenvalue weighted by Crippen LogP contribution is -2.12. The maximum atomic E-state index is 11.3. The second-order valence-corrected chi connectivity index (χ2v) is 5.14. The lowest BCUT2D eigenvalue weighted by molar-refractivity contribution is -0.385. The van der Waals surface area contributed by atoms with Gasteiger partial charge in [-0.15, -0.1) is 0 Å². The van der Waals surface area contributed by atoms with Crippen molar-refractivity contribution in [1.82, 2.24) is 9.97 Å². The van der Waals surface area contributed by atoms with Gasteiger partial charge in [-0.3, -0.25) is 10.1 Å². The van der Waals surface area contributed by atoms with E-state index in [1.165, 1.54) is 6.33 Å². The fraction of sp³-hybridized carbons (Fsp3) is 0.333. The number of aromatic nitrogens is 2. The van der Waals surface area contributed by atoms with Crippen molar-refractivity contribution in [3.63, 3.8) is 0 Å². The van der Waals surface area contributed by atoms with E-state index >= 15 is 0 Å². The van der Waals surface area contributed by atoms with Crippen molar-refractivity contribution in [2.45, 2.75) is 33.4 Å². The van der Waals surface area contributed by atoms with Crippen LogP contribution in [-0.4, -0.2) is 21.0 Å². The molecule has 0 aliphatic carbocycles. The Morgan fingerprint density at radius 3 is 2.55 bits per heavy atom. The molecular formula is C15H18N4O3. The molecule has 0 saturated heterocycles. The molecule has 0 aliphatic rings. The zero-order chi connectivity index (χ0) is 16.1. The van der Waals surface area contributed by atoms with Crippen molar-refractivity contribution >= 4 is 11.5 Å². The number of hydrogen-bond acceptors (Lipinski definition) is 6. The van der Waals surface area contributed by atoms with E-state index in [2.05, 4.69) is 15.3 Å². The third-order valence-corrected chi connectivity index (χ3v) is 2.90. The summed E-state index contributed by atoms with van der Waals surface area (Å²) in [6, 6.07) is 7.89. The van der Waals surface area contributed by atoms with Crippen LogP contribution < -0.4 is 10.1 Å². The summed E-state index contributed by atoms with van der Waals surface area (Å²) in [5.41, 5.74) is 1.91. The van der Waals surface area contributed by atoms with Crippen molar-refractivity contribution < 1.29 is 9.66 Å². The zero-order valence-electron chi connectivity index (χ0n) is 12.7. The first-order chi connectivity index (χ1) is 10.5. The molecule has 0 bridgehead atoms. The highest BCUT2D eigenvalue weighted by atomic mass is 16.6. The molecule has 2 aromatic rings. The summed E-state index contributed by atoms with van der Waals surface area (Å²) in [4.78, 5) is 18.6. The van der Waals surface area contributed by atoms with Crippen molar-refractivity contribution in [1.29, 1.82) is 0 Å². The first-order valence-electron chi connectivity index (χ1n) is 6.93. The number of nitrogens with zero attached hydrogens (tertiary/aromatic N) is 3. The topological polar surface area (TPSA) is 90.2 Å². The fourth-order valence-electron chi connectivity index (χ4n) is 1.86. The number of rotatable bonds is 6. The Balaban J connectivity index is 2.22. The minimum absolute atomic E-state index is 0.0265. The summed E-state index contributed by atoms with van der Waals surface area (Å²) in [6.07, 6.45) is 1.04. The van der Waals surface area contributed by atoms with Gasteiger partial charge in [-0.1, -0.05) is 29.8 Å². The molecule has 1 aromatic carbocycles. The maximum absolute atomic E-state index is 11.3. The number of aryl methyl sites for hydroxylation is 1. The van der Waals surface area contributed by atoms with Gasteiger partial charge in [0.1, 0.15) is 6.33 Å². The molecule has 0 spiro atoms. The quantitative estimate of drug-likeness (QED) is 0.651. The fourth-order valence-corrected chi connectivity index (χ4v) is 1.86. The van der Waals surface area contributed by atoms with E-state index in [1.54, 1.807) is 13.8 Å². The zero-order valence-corrected chi connectivity index (χ0v) is 12.7. The monoisotopic (exact) mass is 302 g/mol. The Labute approximate surface area is 128 Å². The van der Waals surface area contributed by atoms with Gasteiger partial charge in [0, 0.05) is 6.54 Å². The van der Waals surface area contributed by atoms with Crippen molar-refractivity contribution in [3.8, 4) is 5.88 Å². The molecule has 2 rings (SSSR count).